The molecule has 0 aliphatic carbocycles. The Bertz CT molecular complexity index is 891. The quantitative estimate of drug-likeness (QED) is 0.428. The third-order valence-corrected chi connectivity index (χ3v) is 4.92. The van der Waals surface area contributed by atoms with Crippen LogP contribution in [0.2, 0.25) is 0 Å². The molecular formula is C20H20N2O4S. The minimum Gasteiger partial charge on any atom is -0.497 e. The summed E-state index contributed by atoms with van der Waals surface area (Å²) in [5, 5.41) is 8.15. The maximum atomic E-state index is 12.5. The van der Waals surface area contributed by atoms with Crippen molar-refractivity contribution in [2.24, 2.45) is 0 Å². The second-order valence-electron chi connectivity index (χ2n) is 5.84. The highest BCUT2D eigenvalue weighted by Crippen LogP contribution is 2.26. The number of methoxy groups -OCH3 is 2. The van der Waals surface area contributed by atoms with Gasteiger partial charge in [0.2, 0.25) is 5.89 Å². The van der Waals surface area contributed by atoms with Gasteiger partial charge in [-0.1, -0.05) is 23.9 Å². The molecule has 0 bridgehead atoms. The molecule has 2 aromatic carbocycles. The molecule has 1 heterocycles. The predicted octanol–water partition coefficient (Wildman–Crippen LogP) is 4.04. The molecule has 0 fully saturated rings. The van der Waals surface area contributed by atoms with E-state index in [9.17, 15) is 4.79 Å². The van der Waals surface area contributed by atoms with Crippen LogP contribution in [-0.2, 0) is 6.42 Å². The van der Waals surface area contributed by atoms with Gasteiger partial charge in [0.15, 0.2) is 5.78 Å². The lowest BCUT2D eigenvalue weighted by Crippen LogP contribution is -2.13. The third kappa shape index (κ3) is 4.89. The summed E-state index contributed by atoms with van der Waals surface area (Å²) in [4.78, 5) is 12.5. The number of rotatable bonds is 8. The van der Waals surface area contributed by atoms with Crippen molar-refractivity contribution in [3.63, 3.8) is 0 Å². The van der Waals surface area contributed by atoms with E-state index in [0.29, 0.717) is 28.8 Å². The molecule has 7 heteroatoms. The van der Waals surface area contributed by atoms with E-state index in [2.05, 4.69) is 10.2 Å². The summed E-state index contributed by atoms with van der Waals surface area (Å²) in [6.45, 7) is 1.82. The van der Waals surface area contributed by atoms with Crippen LogP contribution in [0.4, 0.5) is 0 Å². The van der Waals surface area contributed by atoms with Crippen LogP contribution in [0.25, 0.3) is 0 Å². The van der Waals surface area contributed by atoms with Crippen LogP contribution >= 0.6 is 11.8 Å². The average Bonchev–Trinajstić information content (AvgIpc) is 3.14. The fourth-order valence-corrected chi connectivity index (χ4v) is 3.25. The summed E-state index contributed by atoms with van der Waals surface area (Å²) in [5.41, 5.74) is 1.66. The number of ether oxygens (including phenoxy) is 2. The van der Waals surface area contributed by atoms with Gasteiger partial charge >= 0.3 is 0 Å². The Morgan fingerprint density at radius 3 is 2.19 bits per heavy atom. The van der Waals surface area contributed by atoms with Crippen molar-refractivity contribution in [2.75, 3.05) is 14.2 Å². The first-order valence-corrected chi connectivity index (χ1v) is 9.27. The van der Waals surface area contributed by atoms with Crippen LogP contribution in [0.1, 0.15) is 28.7 Å². The summed E-state index contributed by atoms with van der Waals surface area (Å²) in [6, 6.07) is 14.7. The summed E-state index contributed by atoms with van der Waals surface area (Å²) in [5.74, 6) is 2.02. The molecule has 1 atom stereocenters. The Balaban J connectivity index is 1.60. The largest absolute Gasteiger partial charge is 0.497 e. The van der Waals surface area contributed by atoms with Gasteiger partial charge in [-0.2, -0.15) is 0 Å². The average molecular weight is 384 g/mol. The van der Waals surface area contributed by atoms with E-state index in [-0.39, 0.29) is 11.0 Å². The zero-order valence-electron chi connectivity index (χ0n) is 15.3. The maximum Gasteiger partial charge on any atom is 0.277 e. The molecule has 0 N–H and O–H groups in total. The zero-order valence-corrected chi connectivity index (χ0v) is 16.2. The summed E-state index contributed by atoms with van der Waals surface area (Å²) >= 11 is 1.25. The van der Waals surface area contributed by atoms with Gasteiger partial charge in [-0.3, -0.25) is 4.79 Å². The minimum absolute atomic E-state index is 0.00226. The highest BCUT2D eigenvalue weighted by Gasteiger charge is 2.20. The van der Waals surface area contributed by atoms with Crippen molar-refractivity contribution < 1.29 is 18.7 Å². The molecule has 6 nitrogen and oxygen atoms in total. The van der Waals surface area contributed by atoms with Gasteiger partial charge < -0.3 is 13.9 Å². The number of nitrogens with zero attached hydrogens (tertiary/aromatic N) is 2. The smallest absolute Gasteiger partial charge is 0.277 e. The molecule has 0 spiro atoms. The molecule has 3 rings (SSSR count). The molecule has 0 unspecified atom stereocenters. The number of benzene rings is 2. The molecule has 27 heavy (non-hydrogen) atoms. The summed E-state index contributed by atoms with van der Waals surface area (Å²) in [7, 11) is 3.22. The number of carbonyl (C=O) groups is 1. The molecule has 0 aliphatic heterocycles. The van der Waals surface area contributed by atoms with Gasteiger partial charge in [-0.25, -0.2) is 0 Å². The standard InChI is InChI=1S/C20H20N2O4S/c1-13(19(23)15-6-10-17(25-3)11-7-15)27-20-22-21-18(26-20)12-14-4-8-16(24-2)9-5-14/h4-11,13H,12H2,1-3H3/t13-/m0/s1. The lowest BCUT2D eigenvalue weighted by atomic mass is 10.1. The van der Waals surface area contributed by atoms with Crippen LogP contribution in [0, 0.1) is 0 Å². The number of thioether (sulfide) groups is 1. The monoisotopic (exact) mass is 384 g/mol. The molecule has 140 valence electrons. The van der Waals surface area contributed by atoms with E-state index >= 15 is 0 Å². The Labute approximate surface area is 161 Å². The second kappa shape index (κ2) is 8.73. The number of carbonyl (C=O) groups excluding carboxylic acids is 1. The molecule has 3 aromatic rings. The molecule has 0 radical (unpaired) electrons. The van der Waals surface area contributed by atoms with Gasteiger partial charge in [0.1, 0.15) is 11.5 Å². The maximum absolute atomic E-state index is 12.5. The van der Waals surface area contributed by atoms with Crippen LogP contribution in [0.5, 0.6) is 11.5 Å². The van der Waals surface area contributed by atoms with E-state index in [1.54, 1.807) is 38.5 Å². The van der Waals surface area contributed by atoms with Crippen molar-refractivity contribution in [3.05, 3.63) is 65.5 Å². The van der Waals surface area contributed by atoms with Crippen molar-refractivity contribution in [3.8, 4) is 11.5 Å². The lowest BCUT2D eigenvalue weighted by molar-refractivity contribution is 0.0993. The predicted molar refractivity (Wildman–Crippen MR) is 103 cm³/mol. The van der Waals surface area contributed by atoms with E-state index in [4.69, 9.17) is 13.9 Å². The van der Waals surface area contributed by atoms with Gasteiger partial charge in [-0.15, -0.1) is 10.2 Å². The van der Waals surface area contributed by atoms with E-state index in [1.165, 1.54) is 11.8 Å². The topological polar surface area (TPSA) is 74.5 Å². The highest BCUT2D eigenvalue weighted by atomic mass is 32.2. The lowest BCUT2D eigenvalue weighted by Gasteiger charge is -2.08. The van der Waals surface area contributed by atoms with Gasteiger partial charge in [0, 0.05) is 5.56 Å². The second-order valence-corrected chi connectivity index (χ2v) is 7.13. The number of Topliss-reactive ketones (excluding diaryl/α,β-unsaturated/α-hetero) is 1. The zero-order chi connectivity index (χ0) is 19.2. The number of ketones is 1. The summed E-state index contributed by atoms with van der Waals surface area (Å²) < 4.78 is 15.9. The Kier molecular flexibility index (Phi) is 6.13. The SMILES string of the molecule is COc1ccc(Cc2nnc(S[C@@H](C)C(=O)c3ccc(OC)cc3)o2)cc1. The van der Waals surface area contributed by atoms with Crippen LogP contribution in [0.3, 0.4) is 0 Å². The molecular weight excluding hydrogens is 364 g/mol. The van der Waals surface area contributed by atoms with Crippen LogP contribution in [-0.4, -0.2) is 35.5 Å². The van der Waals surface area contributed by atoms with Gasteiger partial charge in [0.25, 0.3) is 5.22 Å². The van der Waals surface area contributed by atoms with Crippen molar-refractivity contribution in [1.82, 2.24) is 10.2 Å². The molecule has 0 saturated heterocycles. The van der Waals surface area contributed by atoms with Crippen molar-refractivity contribution in [2.45, 2.75) is 23.8 Å². The van der Waals surface area contributed by atoms with Gasteiger partial charge in [0.05, 0.1) is 25.9 Å². The molecule has 0 aliphatic rings. The van der Waals surface area contributed by atoms with Gasteiger partial charge in [-0.05, 0) is 48.9 Å². The third-order valence-electron chi connectivity index (χ3n) is 3.98. The normalized spacial score (nSPS) is 11.8. The number of aromatic nitrogens is 2. The molecule has 0 amide bonds. The van der Waals surface area contributed by atoms with E-state index in [0.717, 1.165) is 11.3 Å². The van der Waals surface area contributed by atoms with E-state index in [1.807, 2.05) is 31.2 Å². The first-order valence-electron chi connectivity index (χ1n) is 8.39. The Morgan fingerprint density at radius 2 is 1.59 bits per heavy atom. The van der Waals surface area contributed by atoms with Crippen LogP contribution < -0.4 is 9.47 Å². The Hall–Kier alpha value is -2.80. The van der Waals surface area contributed by atoms with Crippen LogP contribution in [0.15, 0.2) is 58.2 Å². The fraction of sp³-hybridized carbons (Fsp3) is 0.250. The van der Waals surface area contributed by atoms with E-state index < -0.39 is 0 Å². The highest BCUT2D eigenvalue weighted by molar-refractivity contribution is 8.00. The molecule has 1 aromatic heterocycles. The number of hydrogen-bond donors (Lipinski definition) is 0. The first kappa shape index (κ1) is 19.0. The van der Waals surface area contributed by atoms with Crippen molar-refractivity contribution >= 4 is 17.5 Å². The molecule has 0 saturated carbocycles. The number of hydrogen-bond acceptors (Lipinski definition) is 7. The summed E-state index contributed by atoms with van der Waals surface area (Å²) in [6.07, 6.45) is 0.526. The minimum atomic E-state index is -0.340. The first-order chi connectivity index (χ1) is 13.1. The Morgan fingerprint density at radius 1 is 1.00 bits per heavy atom. The fourth-order valence-electron chi connectivity index (χ4n) is 2.47. The van der Waals surface area contributed by atoms with Crippen molar-refractivity contribution in [1.29, 1.82) is 0 Å².